The topological polar surface area (TPSA) is 15.3 Å². The van der Waals surface area contributed by atoms with Crippen molar-refractivity contribution in [3.8, 4) is 0 Å². The minimum absolute atomic E-state index is 0.338. The summed E-state index contributed by atoms with van der Waals surface area (Å²) in [4.78, 5) is 2.54. The lowest BCUT2D eigenvalue weighted by atomic mass is 9.94. The molecule has 2 unspecified atom stereocenters. The molecular weight excluding hydrogens is 160 g/mol. The zero-order valence-electron chi connectivity index (χ0n) is 9.72. The van der Waals surface area contributed by atoms with E-state index < -0.39 is 0 Å². The van der Waals surface area contributed by atoms with Crippen LogP contribution in [0, 0.1) is 5.92 Å². The van der Waals surface area contributed by atoms with Gasteiger partial charge in [-0.25, -0.2) is 0 Å². The summed E-state index contributed by atoms with van der Waals surface area (Å²) < 4.78 is 0. The third-order valence-corrected chi connectivity index (χ3v) is 3.79. The van der Waals surface area contributed by atoms with Gasteiger partial charge in [-0.1, -0.05) is 13.8 Å². The molecule has 0 spiro atoms. The summed E-state index contributed by atoms with van der Waals surface area (Å²) in [5.41, 5.74) is 0.338. The lowest BCUT2D eigenvalue weighted by Gasteiger charge is -2.40. The van der Waals surface area contributed by atoms with Crippen LogP contribution in [0.1, 0.15) is 34.1 Å². The zero-order valence-corrected chi connectivity index (χ0v) is 9.72. The zero-order chi connectivity index (χ0) is 10.1. The van der Waals surface area contributed by atoms with Crippen molar-refractivity contribution in [2.75, 3.05) is 20.1 Å². The molecule has 0 aromatic heterocycles. The van der Waals surface area contributed by atoms with Crippen LogP contribution in [0.25, 0.3) is 0 Å². The number of hydrogen-bond donors (Lipinski definition) is 1. The van der Waals surface area contributed by atoms with Crippen LogP contribution in [0.4, 0.5) is 0 Å². The molecule has 0 bridgehead atoms. The van der Waals surface area contributed by atoms with Gasteiger partial charge in [-0.3, -0.25) is 4.90 Å². The minimum atomic E-state index is 0.338. The van der Waals surface area contributed by atoms with Crippen LogP contribution in [0.15, 0.2) is 0 Å². The number of nitrogens with one attached hydrogen (secondary N) is 1. The van der Waals surface area contributed by atoms with Crippen molar-refractivity contribution in [3.05, 3.63) is 0 Å². The maximum absolute atomic E-state index is 3.46. The predicted octanol–water partition coefficient (Wildman–Crippen LogP) is 1.71. The molecule has 0 aromatic rings. The Balaban J connectivity index is 2.60. The first-order valence-corrected chi connectivity index (χ1v) is 5.42. The van der Waals surface area contributed by atoms with Crippen LogP contribution < -0.4 is 5.32 Å². The van der Waals surface area contributed by atoms with Gasteiger partial charge in [0.2, 0.25) is 0 Å². The highest BCUT2D eigenvalue weighted by Gasteiger charge is 2.33. The van der Waals surface area contributed by atoms with E-state index in [0.717, 1.165) is 18.5 Å². The van der Waals surface area contributed by atoms with E-state index in [2.05, 4.69) is 45.0 Å². The second-order valence-corrected chi connectivity index (χ2v) is 4.98. The van der Waals surface area contributed by atoms with Gasteiger partial charge in [-0.2, -0.15) is 0 Å². The summed E-state index contributed by atoms with van der Waals surface area (Å²) >= 11 is 0. The van der Waals surface area contributed by atoms with Crippen molar-refractivity contribution in [2.24, 2.45) is 5.92 Å². The molecule has 2 nitrogen and oxygen atoms in total. The van der Waals surface area contributed by atoms with E-state index in [0.29, 0.717) is 5.54 Å². The van der Waals surface area contributed by atoms with Crippen LogP contribution in [0.3, 0.4) is 0 Å². The van der Waals surface area contributed by atoms with E-state index in [1.165, 1.54) is 13.0 Å². The first-order valence-electron chi connectivity index (χ1n) is 5.42. The molecule has 0 saturated carbocycles. The summed E-state index contributed by atoms with van der Waals surface area (Å²) in [5.74, 6) is 0.788. The molecule has 1 heterocycles. The summed E-state index contributed by atoms with van der Waals surface area (Å²) in [6.45, 7) is 11.6. The summed E-state index contributed by atoms with van der Waals surface area (Å²) in [7, 11) is 2.26. The van der Waals surface area contributed by atoms with E-state index >= 15 is 0 Å². The lowest BCUT2D eigenvalue weighted by Crippen LogP contribution is -2.49. The molecule has 1 saturated heterocycles. The van der Waals surface area contributed by atoms with Gasteiger partial charge in [-0.15, -0.1) is 0 Å². The molecule has 1 N–H and O–H groups in total. The average molecular weight is 184 g/mol. The number of rotatable bonds is 3. The van der Waals surface area contributed by atoms with Crippen LogP contribution in [0.2, 0.25) is 0 Å². The van der Waals surface area contributed by atoms with E-state index in [9.17, 15) is 0 Å². The second kappa shape index (κ2) is 3.97. The largest absolute Gasteiger partial charge is 0.315 e. The fourth-order valence-corrected chi connectivity index (χ4v) is 2.01. The van der Waals surface area contributed by atoms with Gasteiger partial charge >= 0.3 is 0 Å². The minimum Gasteiger partial charge on any atom is -0.315 e. The highest BCUT2D eigenvalue weighted by molar-refractivity contribution is 4.91. The first kappa shape index (κ1) is 11.0. The molecule has 2 heteroatoms. The molecule has 0 radical (unpaired) electrons. The number of likely N-dealkylation sites (N-methyl/N-ethyl adjacent to an activating group) is 1. The Hall–Kier alpha value is -0.0800. The fraction of sp³-hybridized carbons (Fsp3) is 1.00. The Bertz CT molecular complexity index is 165. The number of nitrogens with zero attached hydrogens (tertiary/aromatic N) is 1. The van der Waals surface area contributed by atoms with Gasteiger partial charge < -0.3 is 5.32 Å². The van der Waals surface area contributed by atoms with Gasteiger partial charge in [-0.05, 0) is 39.8 Å². The molecule has 0 aliphatic carbocycles. The molecule has 13 heavy (non-hydrogen) atoms. The Morgan fingerprint density at radius 1 is 1.38 bits per heavy atom. The second-order valence-electron chi connectivity index (χ2n) is 4.98. The molecule has 0 amide bonds. The Kier molecular flexibility index (Phi) is 3.36. The first-order chi connectivity index (χ1) is 5.99. The van der Waals surface area contributed by atoms with Gasteiger partial charge in [0.05, 0.1) is 0 Å². The van der Waals surface area contributed by atoms with Crippen molar-refractivity contribution in [2.45, 2.75) is 45.7 Å². The molecule has 1 fully saturated rings. The van der Waals surface area contributed by atoms with Crippen molar-refractivity contribution >= 4 is 0 Å². The molecular formula is C11H24N2. The van der Waals surface area contributed by atoms with Gasteiger partial charge in [0.1, 0.15) is 0 Å². The van der Waals surface area contributed by atoms with Gasteiger partial charge in [0.25, 0.3) is 0 Å². The summed E-state index contributed by atoms with van der Waals surface area (Å²) in [5, 5.41) is 3.46. The molecule has 2 atom stereocenters. The Labute approximate surface area is 82.7 Å². The molecule has 0 aromatic carbocycles. The maximum Gasteiger partial charge on any atom is 0.0260 e. The SMILES string of the molecule is CCC(C)(C)N(C)C1CNCC1C. The van der Waals surface area contributed by atoms with Gasteiger partial charge in [0.15, 0.2) is 0 Å². The monoisotopic (exact) mass is 184 g/mol. The fourth-order valence-electron chi connectivity index (χ4n) is 2.01. The highest BCUT2D eigenvalue weighted by atomic mass is 15.2. The van der Waals surface area contributed by atoms with Gasteiger partial charge in [0, 0.05) is 18.1 Å². The Morgan fingerprint density at radius 3 is 2.38 bits per heavy atom. The summed E-state index contributed by atoms with van der Waals surface area (Å²) in [6.07, 6.45) is 1.22. The van der Waals surface area contributed by atoms with Crippen LogP contribution in [0.5, 0.6) is 0 Å². The average Bonchev–Trinajstić information content (AvgIpc) is 2.50. The van der Waals surface area contributed by atoms with E-state index in [1.54, 1.807) is 0 Å². The smallest absolute Gasteiger partial charge is 0.0260 e. The lowest BCUT2D eigenvalue weighted by molar-refractivity contribution is 0.0873. The molecule has 78 valence electrons. The third kappa shape index (κ3) is 2.23. The van der Waals surface area contributed by atoms with Crippen molar-refractivity contribution in [3.63, 3.8) is 0 Å². The van der Waals surface area contributed by atoms with Crippen molar-refractivity contribution in [1.82, 2.24) is 10.2 Å². The van der Waals surface area contributed by atoms with Crippen molar-refractivity contribution in [1.29, 1.82) is 0 Å². The summed E-state index contributed by atoms with van der Waals surface area (Å²) in [6, 6.07) is 0.718. The van der Waals surface area contributed by atoms with Crippen LogP contribution in [-0.2, 0) is 0 Å². The standard InChI is InChI=1S/C11H24N2/c1-6-11(3,4)13(5)10-8-12-7-9(10)2/h9-10,12H,6-8H2,1-5H3. The Morgan fingerprint density at radius 2 is 2.00 bits per heavy atom. The maximum atomic E-state index is 3.46. The van der Waals surface area contributed by atoms with Crippen LogP contribution >= 0.6 is 0 Å². The van der Waals surface area contributed by atoms with E-state index in [-0.39, 0.29) is 0 Å². The third-order valence-electron chi connectivity index (χ3n) is 3.79. The van der Waals surface area contributed by atoms with Crippen molar-refractivity contribution < 1.29 is 0 Å². The molecule has 1 aliphatic rings. The molecule has 1 rings (SSSR count). The highest BCUT2D eigenvalue weighted by Crippen LogP contribution is 2.24. The van der Waals surface area contributed by atoms with Crippen LogP contribution in [-0.4, -0.2) is 36.6 Å². The predicted molar refractivity (Wildman–Crippen MR) is 58.0 cm³/mol. The normalized spacial score (nSPS) is 30.0. The number of hydrogen-bond acceptors (Lipinski definition) is 2. The molecule has 1 aliphatic heterocycles. The quantitative estimate of drug-likeness (QED) is 0.718. The van der Waals surface area contributed by atoms with E-state index in [1.807, 2.05) is 0 Å². The van der Waals surface area contributed by atoms with E-state index in [4.69, 9.17) is 0 Å².